The molecule has 21 heavy (non-hydrogen) atoms. The third kappa shape index (κ3) is 4.92. The Kier molecular flexibility index (Phi) is 6.53. The van der Waals surface area contributed by atoms with Crippen LogP contribution in [0.4, 0.5) is 5.69 Å². The van der Waals surface area contributed by atoms with Crippen molar-refractivity contribution in [3.8, 4) is 0 Å². The first-order chi connectivity index (χ1) is 9.49. The highest BCUT2D eigenvalue weighted by Crippen LogP contribution is 2.35. The predicted molar refractivity (Wildman–Crippen MR) is 90.6 cm³/mol. The maximum atomic E-state index is 12.1. The van der Waals surface area contributed by atoms with E-state index in [0.717, 1.165) is 17.7 Å². The van der Waals surface area contributed by atoms with E-state index in [-0.39, 0.29) is 23.7 Å². The highest BCUT2D eigenvalue weighted by molar-refractivity contribution is 5.85. The number of carbonyl (C=O) groups excluding carboxylic acids is 1. The summed E-state index contributed by atoms with van der Waals surface area (Å²) in [6, 6.07) is 8.08. The van der Waals surface area contributed by atoms with Gasteiger partial charge in [-0.3, -0.25) is 4.79 Å². The quantitative estimate of drug-likeness (QED) is 0.833. The van der Waals surface area contributed by atoms with Gasteiger partial charge in [0.1, 0.15) is 0 Å². The monoisotopic (exact) mass is 310 g/mol. The van der Waals surface area contributed by atoms with Crippen molar-refractivity contribution < 1.29 is 4.79 Å². The molecule has 1 saturated carbocycles. The van der Waals surface area contributed by atoms with Gasteiger partial charge >= 0.3 is 0 Å². The molecule has 1 amide bonds. The van der Waals surface area contributed by atoms with E-state index in [9.17, 15) is 4.79 Å². The minimum Gasteiger partial charge on any atom is -0.399 e. The van der Waals surface area contributed by atoms with Crippen molar-refractivity contribution >= 4 is 24.0 Å². The summed E-state index contributed by atoms with van der Waals surface area (Å²) in [5.41, 5.74) is 7.96. The molecule has 0 aliphatic heterocycles. The summed E-state index contributed by atoms with van der Waals surface area (Å²) in [4.78, 5) is 12.1. The van der Waals surface area contributed by atoms with Gasteiger partial charge in [0.2, 0.25) is 5.91 Å². The minimum absolute atomic E-state index is 0. The van der Waals surface area contributed by atoms with Gasteiger partial charge in [0.05, 0.1) is 0 Å². The van der Waals surface area contributed by atoms with Crippen LogP contribution in [0.25, 0.3) is 0 Å². The molecular formula is C17H27ClN2O. The molecule has 0 bridgehead atoms. The highest BCUT2D eigenvalue weighted by Gasteiger charge is 2.32. The van der Waals surface area contributed by atoms with Crippen LogP contribution in [-0.2, 0) is 11.2 Å². The fourth-order valence-corrected chi connectivity index (χ4v) is 3.04. The molecule has 1 aliphatic carbocycles. The lowest BCUT2D eigenvalue weighted by atomic mass is 9.73. The third-order valence-electron chi connectivity index (χ3n) is 4.52. The van der Waals surface area contributed by atoms with Crippen molar-refractivity contribution in [2.75, 3.05) is 5.73 Å². The van der Waals surface area contributed by atoms with E-state index in [1.807, 2.05) is 24.3 Å². The smallest absolute Gasteiger partial charge is 0.220 e. The molecule has 1 aromatic carbocycles. The largest absolute Gasteiger partial charge is 0.399 e. The standard InChI is InChI=1S/C17H26N2O.ClH/c1-17(2)12-6-5-9-15(17)19-16(20)11-10-13-7-3-4-8-14(13)18;/h3-4,7-8,15H,5-6,9-12,18H2,1-2H3,(H,19,20);1H. The molecule has 1 aliphatic rings. The summed E-state index contributed by atoms with van der Waals surface area (Å²) in [5, 5.41) is 3.22. The molecule has 1 atom stereocenters. The summed E-state index contributed by atoms with van der Waals surface area (Å²) >= 11 is 0. The first kappa shape index (κ1) is 17.8. The average Bonchev–Trinajstić information content (AvgIpc) is 2.40. The van der Waals surface area contributed by atoms with Crippen LogP contribution in [0.15, 0.2) is 24.3 Å². The van der Waals surface area contributed by atoms with Crippen LogP contribution in [0.3, 0.4) is 0 Å². The number of nitrogens with one attached hydrogen (secondary N) is 1. The molecule has 3 nitrogen and oxygen atoms in total. The van der Waals surface area contributed by atoms with E-state index in [1.165, 1.54) is 19.3 Å². The van der Waals surface area contributed by atoms with Gasteiger partial charge < -0.3 is 11.1 Å². The summed E-state index contributed by atoms with van der Waals surface area (Å²) < 4.78 is 0. The van der Waals surface area contributed by atoms with Gasteiger partial charge in [0, 0.05) is 18.2 Å². The normalized spacial score (nSPS) is 20.4. The molecule has 1 unspecified atom stereocenters. The number of rotatable bonds is 4. The molecule has 118 valence electrons. The summed E-state index contributed by atoms with van der Waals surface area (Å²) in [7, 11) is 0. The predicted octanol–water partition coefficient (Wildman–Crippen LogP) is 3.71. The Morgan fingerprint density at radius 1 is 1.33 bits per heavy atom. The van der Waals surface area contributed by atoms with E-state index in [4.69, 9.17) is 5.73 Å². The number of hydrogen-bond donors (Lipinski definition) is 2. The minimum atomic E-state index is 0. The highest BCUT2D eigenvalue weighted by atomic mass is 35.5. The topological polar surface area (TPSA) is 55.1 Å². The fraction of sp³-hybridized carbons (Fsp3) is 0.588. The van der Waals surface area contributed by atoms with Gasteiger partial charge in [-0.25, -0.2) is 0 Å². The number of carbonyl (C=O) groups is 1. The molecular weight excluding hydrogens is 284 g/mol. The molecule has 0 spiro atoms. The molecule has 0 aromatic heterocycles. The van der Waals surface area contributed by atoms with Crippen LogP contribution in [0.1, 0.15) is 51.5 Å². The van der Waals surface area contributed by atoms with E-state index in [0.29, 0.717) is 18.9 Å². The van der Waals surface area contributed by atoms with Crippen molar-refractivity contribution in [2.24, 2.45) is 5.41 Å². The average molecular weight is 311 g/mol. The van der Waals surface area contributed by atoms with Gasteiger partial charge in [-0.15, -0.1) is 12.4 Å². The van der Waals surface area contributed by atoms with Gasteiger partial charge in [-0.2, -0.15) is 0 Å². The zero-order valence-electron chi connectivity index (χ0n) is 13.0. The molecule has 0 heterocycles. The van der Waals surface area contributed by atoms with Crippen molar-refractivity contribution in [1.29, 1.82) is 0 Å². The Hall–Kier alpha value is -1.22. The molecule has 0 radical (unpaired) electrons. The Bertz CT molecular complexity index is 474. The second-order valence-electron chi connectivity index (χ2n) is 6.55. The molecule has 1 fully saturated rings. The third-order valence-corrected chi connectivity index (χ3v) is 4.52. The number of amides is 1. The number of halogens is 1. The number of aryl methyl sites for hydroxylation is 1. The van der Waals surface area contributed by atoms with Gasteiger partial charge in [-0.1, -0.05) is 44.9 Å². The summed E-state index contributed by atoms with van der Waals surface area (Å²) in [5.74, 6) is 0.147. The molecule has 2 rings (SSSR count). The van der Waals surface area contributed by atoms with Crippen LogP contribution in [0.2, 0.25) is 0 Å². The molecule has 4 heteroatoms. The number of nitrogens with two attached hydrogens (primary N) is 1. The van der Waals surface area contributed by atoms with Crippen LogP contribution in [0.5, 0.6) is 0 Å². The number of nitrogen functional groups attached to an aromatic ring is 1. The molecule has 1 aromatic rings. The van der Waals surface area contributed by atoms with Gasteiger partial charge in [0.25, 0.3) is 0 Å². The van der Waals surface area contributed by atoms with E-state index in [1.54, 1.807) is 0 Å². The number of anilines is 1. The Morgan fingerprint density at radius 3 is 2.71 bits per heavy atom. The lowest BCUT2D eigenvalue weighted by molar-refractivity contribution is -0.123. The van der Waals surface area contributed by atoms with Crippen molar-refractivity contribution in [3.63, 3.8) is 0 Å². The van der Waals surface area contributed by atoms with Crippen LogP contribution in [-0.4, -0.2) is 11.9 Å². The zero-order chi connectivity index (χ0) is 14.6. The summed E-state index contributed by atoms with van der Waals surface area (Å²) in [6.45, 7) is 4.51. The first-order valence-corrected chi connectivity index (χ1v) is 7.62. The van der Waals surface area contributed by atoms with Crippen LogP contribution >= 0.6 is 12.4 Å². The zero-order valence-corrected chi connectivity index (χ0v) is 13.8. The second kappa shape index (κ2) is 7.69. The van der Waals surface area contributed by atoms with Gasteiger partial charge in [-0.05, 0) is 36.3 Å². The van der Waals surface area contributed by atoms with Crippen molar-refractivity contribution in [1.82, 2.24) is 5.32 Å². The number of hydrogen-bond acceptors (Lipinski definition) is 2. The maximum absolute atomic E-state index is 12.1. The maximum Gasteiger partial charge on any atom is 0.220 e. The Balaban J connectivity index is 0.00000220. The van der Waals surface area contributed by atoms with Crippen molar-refractivity contribution in [3.05, 3.63) is 29.8 Å². The van der Waals surface area contributed by atoms with E-state index >= 15 is 0 Å². The van der Waals surface area contributed by atoms with Crippen LogP contribution in [0, 0.1) is 5.41 Å². The second-order valence-corrected chi connectivity index (χ2v) is 6.55. The Labute approximate surface area is 134 Å². The lowest BCUT2D eigenvalue weighted by Crippen LogP contribution is -2.46. The molecule has 0 saturated heterocycles. The fourth-order valence-electron chi connectivity index (χ4n) is 3.04. The van der Waals surface area contributed by atoms with E-state index in [2.05, 4.69) is 19.2 Å². The first-order valence-electron chi connectivity index (χ1n) is 7.62. The van der Waals surface area contributed by atoms with Crippen LogP contribution < -0.4 is 11.1 Å². The number of para-hydroxylation sites is 1. The summed E-state index contributed by atoms with van der Waals surface area (Å²) in [6.07, 6.45) is 6.03. The van der Waals surface area contributed by atoms with E-state index < -0.39 is 0 Å². The van der Waals surface area contributed by atoms with Crippen molar-refractivity contribution in [2.45, 2.75) is 58.4 Å². The SMILES string of the molecule is CC1(C)CCCCC1NC(=O)CCc1ccccc1N.Cl. The molecule has 3 N–H and O–H groups in total. The number of benzene rings is 1. The Morgan fingerprint density at radius 2 is 2.05 bits per heavy atom. The lowest BCUT2D eigenvalue weighted by Gasteiger charge is -2.39. The van der Waals surface area contributed by atoms with Gasteiger partial charge in [0.15, 0.2) is 0 Å².